The van der Waals surface area contributed by atoms with Crippen molar-refractivity contribution in [1.82, 2.24) is 9.97 Å². The number of hydrogen-bond donors (Lipinski definition) is 2. The second kappa shape index (κ2) is 7.07. The Morgan fingerprint density at radius 3 is 2.43 bits per heavy atom. The van der Waals surface area contributed by atoms with Crippen LogP contribution in [0.2, 0.25) is 0 Å². The van der Waals surface area contributed by atoms with E-state index >= 15 is 0 Å². The van der Waals surface area contributed by atoms with Gasteiger partial charge in [0.15, 0.2) is 0 Å². The Labute approximate surface area is 126 Å². The number of nitrogen functional groups attached to an aromatic ring is 1. The number of anilines is 3. The summed E-state index contributed by atoms with van der Waals surface area (Å²) in [6.45, 7) is 6.17. The molecule has 1 aromatic carbocycles. The molecule has 112 valence electrons. The molecule has 0 fully saturated rings. The molecule has 0 saturated carbocycles. The van der Waals surface area contributed by atoms with Gasteiger partial charge in [-0.1, -0.05) is 32.4 Å². The first-order valence-electron chi connectivity index (χ1n) is 7.63. The van der Waals surface area contributed by atoms with Crippen molar-refractivity contribution in [3.05, 3.63) is 41.2 Å². The molecule has 0 unspecified atom stereocenters. The molecule has 2 aromatic rings. The van der Waals surface area contributed by atoms with Crippen LogP contribution in [-0.4, -0.2) is 9.97 Å². The maximum atomic E-state index is 5.94. The number of nitrogens with zero attached hydrogens (tertiary/aromatic N) is 2. The van der Waals surface area contributed by atoms with Crippen LogP contribution in [-0.2, 0) is 12.8 Å². The first kappa shape index (κ1) is 15.3. The largest absolute Gasteiger partial charge is 0.383 e. The third-order valence-electron chi connectivity index (χ3n) is 3.58. The van der Waals surface area contributed by atoms with Crippen LogP contribution in [0.3, 0.4) is 0 Å². The van der Waals surface area contributed by atoms with Crippen molar-refractivity contribution in [2.75, 3.05) is 11.1 Å². The SMILES string of the molecule is CCCCc1ccc(Nc2nc(CC)nc(N)c2C)cc1. The highest BCUT2D eigenvalue weighted by atomic mass is 15.1. The van der Waals surface area contributed by atoms with Crippen LogP contribution in [0.15, 0.2) is 24.3 Å². The highest BCUT2D eigenvalue weighted by molar-refractivity contribution is 5.63. The fourth-order valence-corrected chi connectivity index (χ4v) is 2.13. The minimum absolute atomic E-state index is 0.545. The fraction of sp³-hybridized carbons (Fsp3) is 0.412. The molecule has 4 heteroatoms. The average Bonchev–Trinajstić information content (AvgIpc) is 2.50. The van der Waals surface area contributed by atoms with Gasteiger partial charge in [0.2, 0.25) is 0 Å². The average molecular weight is 284 g/mol. The number of nitrogens with one attached hydrogen (secondary N) is 1. The molecule has 2 rings (SSSR count). The fourth-order valence-electron chi connectivity index (χ4n) is 2.13. The van der Waals surface area contributed by atoms with Gasteiger partial charge in [0.1, 0.15) is 17.5 Å². The highest BCUT2D eigenvalue weighted by Gasteiger charge is 2.08. The summed E-state index contributed by atoms with van der Waals surface area (Å²) in [4.78, 5) is 8.78. The number of hydrogen-bond acceptors (Lipinski definition) is 4. The van der Waals surface area contributed by atoms with Crippen molar-refractivity contribution in [2.45, 2.75) is 46.5 Å². The number of unbranched alkanes of at least 4 members (excludes halogenated alkanes) is 1. The maximum Gasteiger partial charge on any atom is 0.139 e. The predicted molar refractivity (Wildman–Crippen MR) is 88.9 cm³/mol. The molecule has 21 heavy (non-hydrogen) atoms. The smallest absolute Gasteiger partial charge is 0.139 e. The van der Waals surface area contributed by atoms with Gasteiger partial charge in [-0.3, -0.25) is 0 Å². The molecule has 0 amide bonds. The summed E-state index contributed by atoms with van der Waals surface area (Å²) in [5, 5.41) is 3.34. The van der Waals surface area contributed by atoms with E-state index in [9.17, 15) is 0 Å². The lowest BCUT2D eigenvalue weighted by atomic mass is 10.1. The van der Waals surface area contributed by atoms with Crippen LogP contribution in [0.1, 0.15) is 43.6 Å². The first-order valence-corrected chi connectivity index (χ1v) is 7.63. The van der Waals surface area contributed by atoms with E-state index in [2.05, 4.69) is 46.5 Å². The van der Waals surface area contributed by atoms with Crippen molar-refractivity contribution in [2.24, 2.45) is 0 Å². The minimum atomic E-state index is 0.545. The van der Waals surface area contributed by atoms with Gasteiger partial charge in [-0.2, -0.15) is 0 Å². The molecule has 4 nitrogen and oxygen atoms in total. The first-order chi connectivity index (χ1) is 10.1. The third kappa shape index (κ3) is 3.94. The summed E-state index contributed by atoms with van der Waals surface area (Å²) >= 11 is 0. The molecule has 0 bridgehead atoms. The second-order valence-corrected chi connectivity index (χ2v) is 5.28. The number of aromatic nitrogens is 2. The van der Waals surface area contributed by atoms with Crippen LogP contribution in [0.25, 0.3) is 0 Å². The Kier molecular flexibility index (Phi) is 5.14. The zero-order valence-corrected chi connectivity index (χ0v) is 13.1. The van der Waals surface area contributed by atoms with E-state index in [0.29, 0.717) is 5.82 Å². The van der Waals surface area contributed by atoms with Crippen molar-refractivity contribution in [1.29, 1.82) is 0 Å². The highest BCUT2D eigenvalue weighted by Crippen LogP contribution is 2.22. The molecule has 1 heterocycles. The van der Waals surface area contributed by atoms with E-state index in [0.717, 1.165) is 35.7 Å². The van der Waals surface area contributed by atoms with Gasteiger partial charge in [-0.25, -0.2) is 9.97 Å². The number of nitrogens with two attached hydrogens (primary N) is 1. The van der Waals surface area contributed by atoms with Gasteiger partial charge >= 0.3 is 0 Å². The molecule has 0 radical (unpaired) electrons. The lowest BCUT2D eigenvalue weighted by Gasteiger charge is -2.12. The Morgan fingerprint density at radius 2 is 1.81 bits per heavy atom. The lowest BCUT2D eigenvalue weighted by Crippen LogP contribution is -2.06. The van der Waals surface area contributed by atoms with E-state index in [-0.39, 0.29) is 0 Å². The molecular weight excluding hydrogens is 260 g/mol. The summed E-state index contributed by atoms with van der Waals surface area (Å²) < 4.78 is 0. The van der Waals surface area contributed by atoms with Gasteiger partial charge in [-0.15, -0.1) is 0 Å². The van der Waals surface area contributed by atoms with Crippen molar-refractivity contribution >= 4 is 17.3 Å². The summed E-state index contributed by atoms with van der Waals surface area (Å²) in [6.07, 6.45) is 4.36. The number of benzene rings is 1. The number of aryl methyl sites for hydroxylation is 2. The van der Waals surface area contributed by atoms with Gasteiger partial charge in [0.05, 0.1) is 0 Å². The summed E-state index contributed by atoms with van der Waals surface area (Å²) in [5.74, 6) is 2.10. The number of rotatable bonds is 6. The molecular formula is C17H24N4. The van der Waals surface area contributed by atoms with Crippen LogP contribution >= 0.6 is 0 Å². The van der Waals surface area contributed by atoms with E-state index in [1.54, 1.807) is 0 Å². The zero-order chi connectivity index (χ0) is 15.2. The summed E-state index contributed by atoms with van der Waals surface area (Å²) in [5.41, 5.74) is 9.23. The standard InChI is InChI=1S/C17H24N4/c1-4-6-7-13-8-10-14(11-9-13)19-17-12(3)16(18)20-15(5-2)21-17/h8-11H,4-7H2,1-3H3,(H3,18,19,20,21). The van der Waals surface area contributed by atoms with Crippen molar-refractivity contribution in [3.63, 3.8) is 0 Å². The summed E-state index contributed by atoms with van der Waals surface area (Å²) in [7, 11) is 0. The van der Waals surface area contributed by atoms with Crippen molar-refractivity contribution in [3.8, 4) is 0 Å². The monoisotopic (exact) mass is 284 g/mol. The Bertz CT molecular complexity index is 590. The topological polar surface area (TPSA) is 63.8 Å². The normalized spacial score (nSPS) is 10.6. The molecule has 0 aliphatic carbocycles. The summed E-state index contributed by atoms with van der Waals surface area (Å²) in [6, 6.07) is 8.51. The van der Waals surface area contributed by atoms with Crippen LogP contribution < -0.4 is 11.1 Å². The van der Waals surface area contributed by atoms with E-state index in [1.807, 2.05) is 13.8 Å². The molecule has 0 spiro atoms. The second-order valence-electron chi connectivity index (χ2n) is 5.28. The molecule has 3 N–H and O–H groups in total. The van der Waals surface area contributed by atoms with Crippen LogP contribution in [0.5, 0.6) is 0 Å². The van der Waals surface area contributed by atoms with Crippen molar-refractivity contribution < 1.29 is 0 Å². The van der Waals surface area contributed by atoms with Crippen LogP contribution in [0, 0.1) is 6.92 Å². The molecule has 0 atom stereocenters. The maximum absolute atomic E-state index is 5.94. The molecule has 0 aliphatic heterocycles. The predicted octanol–water partition coefficient (Wildman–Crippen LogP) is 4.02. The van der Waals surface area contributed by atoms with Gasteiger partial charge < -0.3 is 11.1 Å². The zero-order valence-electron chi connectivity index (χ0n) is 13.1. The van der Waals surface area contributed by atoms with E-state index in [1.165, 1.54) is 18.4 Å². The quantitative estimate of drug-likeness (QED) is 0.841. The molecule has 1 aromatic heterocycles. The van der Waals surface area contributed by atoms with Gasteiger partial charge in [-0.05, 0) is 37.5 Å². The third-order valence-corrected chi connectivity index (χ3v) is 3.58. The van der Waals surface area contributed by atoms with Gasteiger partial charge in [0, 0.05) is 17.7 Å². The van der Waals surface area contributed by atoms with Crippen LogP contribution in [0.4, 0.5) is 17.3 Å². The molecule has 0 aliphatic rings. The van der Waals surface area contributed by atoms with Gasteiger partial charge in [0.25, 0.3) is 0 Å². The lowest BCUT2D eigenvalue weighted by molar-refractivity contribution is 0.795. The minimum Gasteiger partial charge on any atom is -0.383 e. The molecule has 0 saturated heterocycles. The van der Waals surface area contributed by atoms with E-state index < -0.39 is 0 Å². The van der Waals surface area contributed by atoms with E-state index in [4.69, 9.17) is 5.73 Å². The Morgan fingerprint density at radius 1 is 1.10 bits per heavy atom. The Hall–Kier alpha value is -2.10. The Balaban J connectivity index is 2.16.